The summed E-state index contributed by atoms with van der Waals surface area (Å²) in [5.41, 5.74) is 7.93. The maximum Gasteiger partial charge on any atom is 0.228 e. The molecule has 0 fully saturated rings. The Morgan fingerprint density at radius 1 is 1.25 bits per heavy atom. The van der Waals surface area contributed by atoms with Crippen LogP contribution in [0.2, 0.25) is 0 Å². The Morgan fingerprint density at radius 3 is 2.71 bits per heavy atom. The van der Waals surface area contributed by atoms with Crippen LogP contribution >= 0.6 is 0 Å². The topological polar surface area (TPSA) is 76.7 Å². The number of hydrogen-bond acceptors (Lipinski definition) is 5. The Kier molecular flexibility index (Phi) is 4.15. The smallest absolute Gasteiger partial charge is 0.228 e. The minimum atomic E-state index is -1.67. The van der Waals surface area contributed by atoms with Crippen LogP contribution in [0.5, 0.6) is 0 Å². The van der Waals surface area contributed by atoms with E-state index in [1.54, 1.807) is 0 Å². The number of anilines is 2. The predicted molar refractivity (Wildman–Crippen MR) is 93.4 cm³/mol. The minimum absolute atomic E-state index is 0.0285. The van der Waals surface area contributed by atoms with Gasteiger partial charge in [-0.3, -0.25) is 0 Å². The summed E-state index contributed by atoms with van der Waals surface area (Å²) >= 11 is 0. The lowest BCUT2D eigenvalue weighted by Crippen LogP contribution is -2.27. The monoisotopic (exact) mass is 329 g/mol. The van der Waals surface area contributed by atoms with Gasteiger partial charge in [0.1, 0.15) is 0 Å². The van der Waals surface area contributed by atoms with Gasteiger partial charge < -0.3 is 11.1 Å². The number of nitrogen functional groups attached to an aromatic ring is 1. The van der Waals surface area contributed by atoms with Crippen molar-refractivity contribution in [2.75, 3.05) is 11.1 Å². The number of alkyl halides is 1. The summed E-state index contributed by atoms with van der Waals surface area (Å²) in [4.78, 5) is 12.3. The zero-order valence-corrected chi connectivity index (χ0v) is 14.6. The Morgan fingerprint density at radius 2 is 2.00 bits per heavy atom. The summed E-state index contributed by atoms with van der Waals surface area (Å²) in [6.07, 6.45) is 2.15. The van der Waals surface area contributed by atoms with Crippen LogP contribution in [-0.4, -0.2) is 15.0 Å². The standard InChI is InChI=1S/C18H24FN5/c1-10-5-8-13-12(9-10)7-6-11(2)14(13)21-17-23-15(18(3,4)19)22-16(20)24-17/h5,8-9,11,14H,6-7H2,1-4H3,(H3,20,21,22,23,24)/t11-,14+/m0/s1. The molecule has 1 aliphatic rings. The quantitative estimate of drug-likeness (QED) is 0.898. The summed E-state index contributed by atoms with van der Waals surface area (Å²) in [5, 5.41) is 3.35. The molecule has 3 N–H and O–H groups in total. The van der Waals surface area contributed by atoms with Crippen LogP contribution in [0.3, 0.4) is 0 Å². The fourth-order valence-electron chi connectivity index (χ4n) is 3.19. The van der Waals surface area contributed by atoms with Crippen molar-refractivity contribution in [3.63, 3.8) is 0 Å². The number of aryl methyl sites for hydroxylation is 2. The first-order valence-electron chi connectivity index (χ1n) is 8.31. The molecular formula is C18H24FN5. The average Bonchev–Trinajstić information content (AvgIpc) is 2.49. The lowest BCUT2D eigenvalue weighted by molar-refractivity contribution is 0.206. The van der Waals surface area contributed by atoms with Gasteiger partial charge in [-0.2, -0.15) is 15.0 Å². The third kappa shape index (κ3) is 3.32. The Balaban J connectivity index is 1.95. The summed E-state index contributed by atoms with van der Waals surface area (Å²) in [6, 6.07) is 6.58. The average molecular weight is 329 g/mol. The highest BCUT2D eigenvalue weighted by atomic mass is 19.1. The zero-order chi connectivity index (χ0) is 17.5. The molecule has 2 atom stereocenters. The van der Waals surface area contributed by atoms with Gasteiger partial charge >= 0.3 is 0 Å². The second-order valence-electron chi connectivity index (χ2n) is 7.15. The van der Waals surface area contributed by atoms with Crippen molar-refractivity contribution in [1.82, 2.24) is 15.0 Å². The molecule has 1 aliphatic carbocycles. The number of benzene rings is 1. The number of fused-ring (bicyclic) bond motifs is 1. The number of nitrogens with zero attached hydrogens (tertiary/aromatic N) is 3. The van der Waals surface area contributed by atoms with Gasteiger partial charge in [0.15, 0.2) is 11.5 Å². The highest BCUT2D eigenvalue weighted by Gasteiger charge is 2.29. The Bertz CT molecular complexity index is 754. The van der Waals surface area contributed by atoms with Crippen LogP contribution < -0.4 is 11.1 Å². The fraction of sp³-hybridized carbons (Fsp3) is 0.500. The van der Waals surface area contributed by atoms with Crippen LogP contribution in [0.15, 0.2) is 18.2 Å². The predicted octanol–water partition coefficient (Wildman–Crippen LogP) is 3.70. The highest BCUT2D eigenvalue weighted by molar-refractivity contribution is 5.42. The van der Waals surface area contributed by atoms with Gasteiger partial charge in [-0.25, -0.2) is 4.39 Å². The number of nitrogens with two attached hydrogens (primary N) is 1. The molecule has 0 bridgehead atoms. The molecule has 0 aliphatic heterocycles. The SMILES string of the molecule is Cc1ccc2c(c1)CC[C@H](C)[C@H]2Nc1nc(N)nc(C(C)(C)F)n1. The van der Waals surface area contributed by atoms with Crippen LogP contribution in [0, 0.1) is 12.8 Å². The maximum atomic E-state index is 14.2. The summed E-state index contributed by atoms with van der Waals surface area (Å²) in [6.45, 7) is 7.12. The number of aromatic nitrogens is 3. The fourth-order valence-corrected chi connectivity index (χ4v) is 3.19. The van der Waals surface area contributed by atoms with E-state index in [0.29, 0.717) is 11.9 Å². The molecule has 0 unspecified atom stereocenters. The second-order valence-corrected chi connectivity index (χ2v) is 7.15. The molecule has 2 aromatic rings. The van der Waals surface area contributed by atoms with E-state index in [-0.39, 0.29) is 17.8 Å². The normalized spacial score (nSPS) is 20.5. The molecule has 1 aromatic carbocycles. The molecule has 128 valence electrons. The molecule has 0 saturated heterocycles. The van der Waals surface area contributed by atoms with E-state index in [4.69, 9.17) is 5.73 Å². The van der Waals surface area contributed by atoms with Gasteiger partial charge in [-0.1, -0.05) is 30.7 Å². The molecule has 0 saturated carbocycles. The third-order valence-electron chi connectivity index (χ3n) is 4.54. The number of rotatable bonds is 3. The summed E-state index contributed by atoms with van der Waals surface area (Å²) < 4.78 is 14.2. The van der Waals surface area contributed by atoms with Crippen molar-refractivity contribution in [3.8, 4) is 0 Å². The van der Waals surface area contributed by atoms with E-state index >= 15 is 0 Å². The van der Waals surface area contributed by atoms with Crippen LogP contribution in [0.25, 0.3) is 0 Å². The van der Waals surface area contributed by atoms with Gasteiger partial charge in [-0.15, -0.1) is 0 Å². The molecule has 24 heavy (non-hydrogen) atoms. The largest absolute Gasteiger partial charge is 0.368 e. The van der Waals surface area contributed by atoms with Crippen LogP contribution in [-0.2, 0) is 12.1 Å². The van der Waals surface area contributed by atoms with Gasteiger partial charge in [-0.05, 0) is 50.7 Å². The van der Waals surface area contributed by atoms with E-state index in [0.717, 1.165) is 12.8 Å². The van der Waals surface area contributed by atoms with E-state index < -0.39 is 5.67 Å². The molecule has 0 amide bonds. The van der Waals surface area contributed by atoms with E-state index in [1.165, 1.54) is 30.5 Å². The van der Waals surface area contributed by atoms with Crippen LogP contribution in [0.4, 0.5) is 16.3 Å². The van der Waals surface area contributed by atoms with E-state index in [1.807, 2.05) is 0 Å². The minimum Gasteiger partial charge on any atom is -0.368 e. The van der Waals surface area contributed by atoms with Crippen molar-refractivity contribution < 1.29 is 4.39 Å². The summed E-state index contributed by atoms with van der Waals surface area (Å²) in [7, 11) is 0. The molecule has 6 heteroatoms. The van der Waals surface area contributed by atoms with E-state index in [2.05, 4.69) is 52.3 Å². The number of halogens is 1. The number of hydrogen-bond donors (Lipinski definition) is 2. The first kappa shape index (κ1) is 16.6. The van der Waals surface area contributed by atoms with Gasteiger partial charge in [0, 0.05) is 0 Å². The lowest BCUT2D eigenvalue weighted by Gasteiger charge is -2.32. The van der Waals surface area contributed by atoms with Crippen molar-refractivity contribution in [1.29, 1.82) is 0 Å². The first-order valence-corrected chi connectivity index (χ1v) is 8.31. The van der Waals surface area contributed by atoms with Crippen molar-refractivity contribution in [3.05, 3.63) is 40.7 Å². The Labute approximate surface area is 141 Å². The summed E-state index contributed by atoms with van der Waals surface area (Å²) in [5.74, 6) is 0.819. The van der Waals surface area contributed by atoms with Gasteiger partial charge in [0.25, 0.3) is 0 Å². The third-order valence-corrected chi connectivity index (χ3v) is 4.54. The maximum absolute atomic E-state index is 14.2. The molecule has 0 spiro atoms. The molecule has 1 heterocycles. The molecule has 3 rings (SSSR count). The van der Waals surface area contributed by atoms with Gasteiger partial charge in [0.2, 0.25) is 11.9 Å². The molecule has 5 nitrogen and oxygen atoms in total. The lowest BCUT2D eigenvalue weighted by atomic mass is 9.80. The zero-order valence-electron chi connectivity index (χ0n) is 14.6. The van der Waals surface area contributed by atoms with Crippen molar-refractivity contribution in [2.45, 2.75) is 52.2 Å². The first-order chi connectivity index (χ1) is 11.2. The van der Waals surface area contributed by atoms with E-state index in [9.17, 15) is 4.39 Å². The number of nitrogens with one attached hydrogen (secondary N) is 1. The molecular weight excluding hydrogens is 305 g/mol. The highest BCUT2D eigenvalue weighted by Crippen LogP contribution is 2.36. The van der Waals surface area contributed by atoms with Crippen molar-refractivity contribution in [2.24, 2.45) is 5.92 Å². The van der Waals surface area contributed by atoms with Crippen LogP contribution in [0.1, 0.15) is 55.7 Å². The van der Waals surface area contributed by atoms with Crippen molar-refractivity contribution >= 4 is 11.9 Å². The molecule has 1 aromatic heterocycles. The van der Waals surface area contributed by atoms with Gasteiger partial charge in [0.05, 0.1) is 6.04 Å². The molecule has 0 radical (unpaired) electrons. The second kappa shape index (κ2) is 6.00. The Hall–Kier alpha value is -2.24.